The molecular weight excluding hydrogens is 578 g/mol. The number of aliphatic hydroxyl groups excluding tert-OH is 1. The summed E-state index contributed by atoms with van der Waals surface area (Å²) in [6, 6.07) is 17.1. The quantitative estimate of drug-likeness (QED) is 0.374. The van der Waals surface area contributed by atoms with Crippen LogP contribution in [0.4, 0.5) is 11.4 Å². The molecule has 0 spiro atoms. The van der Waals surface area contributed by atoms with Gasteiger partial charge in [0.25, 0.3) is 0 Å². The Hall–Kier alpha value is -4.64. The fourth-order valence-corrected chi connectivity index (χ4v) is 7.36. The van der Waals surface area contributed by atoms with Gasteiger partial charge < -0.3 is 24.5 Å². The van der Waals surface area contributed by atoms with Gasteiger partial charge in [0.2, 0.25) is 11.8 Å². The van der Waals surface area contributed by atoms with E-state index in [1.165, 1.54) is 22.4 Å². The number of rotatable bonds is 8. The lowest BCUT2D eigenvalue weighted by atomic mass is 9.95. The maximum Gasteiger partial charge on any atom is 0.246 e. The summed E-state index contributed by atoms with van der Waals surface area (Å²) in [4.78, 5) is 26.1. The predicted octanol–water partition coefficient (Wildman–Crippen LogP) is 3.93. The van der Waals surface area contributed by atoms with Crippen molar-refractivity contribution >= 4 is 28.1 Å². The number of anilines is 2. The summed E-state index contributed by atoms with van der Waals surface area (Å²) in [5, 5.41) is 32.7. The fraction of sp³-hybridized carbons (Fsp3) is 0.444. The molecule has 238 valence electrons. The van der Waals surface area contributed by atoms with Crippen LogP contribution in [0.5, 0.6) is 5.88 Å². The van der Waals surface area contributed by atoms with E-state index in [9.17, 15) is 20.4 Å². The molecule has 2 saturated heterocycles. The van der Waals surface area contributed by atoms with Crippen molar-refractivity contribution in [2.24, 2.45) is 0 Å². The van der Waals surface area contributed by atoms with Crippen molar-refractivity contribution in [3.05, 3.63) is 71.4 Å². The largest absolute Gasteiger partial charge is 0.472 e. The number of hydrogen-bond acceptors (Lipinski definition) is 9. The van der Waals surface area contributed by atoms with Gasteiger partial charge in [-0.15, -0.1) is 0 Å². The summed E-state index contributed by atoms with van der Waals surface area (Å²) in [6.45, 7) is 12.5. The molecule has 3 aromatic rings. The highest BCUT2D eigenvalue weighted by Gasteiger charge is 2.35. The number of ether oxygens (including phenoxy) is 1. The molecule has 1 N–H and O–H groups in total. The number of amides is 1. The highest BCUT2D eigenvalue weighted by molar-refractivity contribution is 5.97. The zero-order chi connectivity index (χ0) is 32.4. The molecule has 0 bridgehead atoms. The topological polar surface area (TPSA) is 120 Å². The van der Waals surface area contributed by atoms with Crippen LogP contribution in [0.3, 0.4) is 0 Å². The molecular formula is C36H41N7O3. The van der Waals surface area contributed by atoms with E-state index in [0.29, 0.717) is 57.1 Å². The van der Waals surface area contributed by atoms with E-state index in [1.807, 2.05) is 6.92 Å². The standard InChI is InChI=1S/C36H41N7O3/c1-4-33(45)43-18-17-42(21-27(43)11-14-37)35-29-13-16-41(32-10-6-9-26-8-5-7-24(2)34(26)32)23-31(29)39-36(30(35)19-38)46-25(3)20-40-15-12-28(44)22-40/h4-10,25,27-28,44H,1,11-13,15-18,20-23H2,2-3H3. The summed E-state index contributed by atoms with van der Waals surface area (Å²) in [7, 11) is 0. The van der Waals surface area contributed by atoms with Gasteiger partial charge in [-0.25, -0.2) is 4.98 Å². The van der Waals surface area contributed by atoms with Crippen LogP contribution in [0.25, 0.3) is 10.8 Å². The van der Waals surface area contributed by atoms with Crippen LogP contribution in [0.2, 0.25) is 0 Å². The molecule has 2 fully saturated rings. The molecule has 3 aliphatic rings. The first-order valence-corrected chi connectivity index (χ1v) is 16.1. The monoisotopic (exact) mass is 619 g/mol. The van der Waals surface area contributed by atoms with E-state index in [0.717, 1.165) is 42.1 Å². The first-order valence-electron chi connectivity index (χ1n) is 16.1. The van der Waals surface area contributed by atoms with Crippen molar-refractivity contribution in [2.45, 2.75) is 57.9 Å². The number of nitriles is 2. The van der Waals surface area contributed by atoms with E-state index in [4.69, 9.17) is 9.72 Å². The highest BCUT2D eigenvalue weighted by Crippen LogP contribution is 2.40. The lowest BCUT2D eigenvalue weighted by molar-refractivity contribution is -0.128. The van der Waals surface area contributed by atoms with Gasteiger partial charge in [0.05, 0.1) is 42.6 Å². The van der Waals surface area contributed by atoms with Crippen LogP contribution in [0.1, 0.15) is 42.1 Å². The van der Waals surface area contributed by atoms with Crippen LogP contribution >= 0.6 is 0 Å². The number of hydrogen-bond donors (Lipinski definition) is 1. The summed E-state index contributed by atoms with van der Waals surface area (Å²) in [5.74, 6) is 0.115. The third kappa shape index (κ3) is 6.11. The smallest absolute Gasteiger partial charge is 0.246 e. The number of aromatic nitrogens is 1. The van der Waals surface area contributed by atoms with E-state index in [2.05, 4.69) is 76.7 Å². The predicted molar refractivity (Wildman–Crippen MR) is 178 cm³/mol. The minimum absolute atomic E-state index is 0.182. The molecule has 2 aromatic carbocycles. The highest BCUT2D eigenvalue weighted by atomic mass is 16.5. The van der Waals surface area contributed by atoms with Crippen LogP contribution in [-0.2, 0) is 17.8 Å². The lowest BCUT2D eigenvalue weighted by Gasteiger charge is -2.43. The van der Waals surface area contributed by atoms with Gasteiger partial charge in [0, 0.05) is 62.5 Å². The molecule has 0 saturated carbocycles. The first-order chi connectivity index (χ1) is 22.3. The molecule has 4 heterocycles. The number of fused-ring (bicyclic) bond motifs is 2. The van der Waals surface area contributed by atoms with Gasteiger partial charge in [-0.3, -0.25) is 9.69 Å². The van der Waals surface area contributed by atoms with E-state index >= 15 is 0 Å². The number of likely N-dealkylation sites (tertiary alicyclic amines) is 1. The number of carbonyl (C=O) groups is 1. The zero-order valence-electron chi connectivity index (χ0n) is 26.7. The molecule has 10 heteroatoms. The van der Waals surface area contributed by atoms with Crippen LogP contribution in [-0.4, -0.2) is 89.9 Å². The fourth-order valence-electron chi connectivity index (χ4n) is 7.36. The average Bonchev–Trinajstić information content (AvgIpc) is 3.47. The number of nitrogens with zero attached hydrogens (tertiary/aromatic N) is 7. The molecule has 0 radical (unpaired) electrons. The number of carbonyl (C=O) groups excluding carboxylic acids is 1. The maximum absolute atomic E-state index is 12.6. The number of β-amino-alcohol motifs (C(OH)–C–C–N with tert-alkyl or cyclic N) is 1. The maximum atomic E-state index is 12.6. The number of pyridine rings is 1. The van der Waals surface area contributed by atoms with E-state index in [-0.39, 0.29) is 30.6 Å². The van der Waals surface area contributed by atoms with Gasteiger partial charge in [-0.2, -0.15) is 10.5 Å². The number of aryl methyl sites for hydroxylation is 1. The molecule has 10 nitrogen and oxygen atoms in total. The molecule has 46 heavy (non-hydrogen) atoms. The van der Waals surface area contributed by atoms with Crippen molar-refractivity contribution in [3.8, 4) is 18.0 Å². The van der Waals surface area contributed by atoms with Gasteiger partial charge in [0.1, 0.15) is 17.7 Å². The number of aliphatic hydroxyl groups is 1. The second kappa shape index (κ2) is 13.4. The Kier molecular flexibility index (Phi) is 9.12. The normalized spacial score (nSPS) is 20.6. The zero-order valence-corrected chi connectivity index (χ0v) is 26.7. The van der Waals surface area contributed by atoms with Crippen molar-refractivity contribution in [3.63, 3.8) is 0 Å². The first kappa shape index (κ1) is 31.3. The molecule has 1 amide bonds. The SMILES string of the molecule is C=CC(=O)N1CCN(c2c(C#N)c(OC(C)CN3CCC(O)C3)nc3c2CCN(c2cccc4cccc(C)c24)C3)CC1CC#N. The Bertz CT molecular complexity index is 1720. The Morgan fingerprint density at radius 2 is 1.96 bits per heavy atom. The molecule has 3 aliphatic heterocycles. The minimum Gasteiger partial charge on any atom is -0.472 e. The minimum atomic E-state index is -0.330. The molecule has 1 aromatic heterocycles. The second-order valence-electron chi connectivity index (χ2n) is 12.6. The molecule has 0 aliphatic carbocycles. The Labute approximate surface area is 270 Å². The third-order valence-electron chi connectivity index (χ3n) is 9.50. The van der Waals surface area contributed by atoms with Crippen molar-refractivity contribution < 1.29 is 14.6 Å². The van der Waals surface area contributed by atoms with E-state index < -0.39 is 0 Å². The van der Waals surface area contributed by atoms with Gasteiger partial charge >= 0.3 is 0 Å². The molecule has 3 unspecified atom stereocenters. The third-order valence-corrected chi connectivity index (χ3v) is 9.50. The summed E-state index contributed by atoms with van der Waals surface area (Å²) < 4.78 is 6.48. The summed E-state index contributed by atoms with van der Waals surface area (Å²) >= 11 is 0. The van der Waals surface area contributed by atoms with Gasteiger partial charge in [-0.1, -0.05) is 36.9 Å². The average molecular weight is 620 g/mol. The van der Waals surface area contributed by atoms with Gasteiger partial charge in [-0.05, 0) is 49.8 Å². The Morgan fingerprint density at radius 3 is 2.67 bits per heavy atom. The second-order valence-corrected chi connectivity index (χ2v) is 12.6. The molecule has 3 atom stereocenters. The Balaban J connectivity index is 1.39. The van der Waals surface area contributed by atoms with E-state index in [1.54, 1.807) is 4.90 Å². The van der Waals surface area contributed by atoms with Crippen LogP contribution < -0.4 is 14.5 Å². The molecule has 6 rings (SSSR count). The number of piperazine rings is 1. The van der Waals surface area contributed by atoms with Crippen molar-refractivity contribution in [1.82, 2.24) is 14.8 Å². The Morgan fingerprint density at radius 1 is 1.15 bits per heavy atom. The lowest BCUT2D eigenvalue weighted by Crippen LogP contribution is -2.55. The van der Waals surface area contributed by atoms with Crippen LogP contribution in [0, 0.1) is 29.6 Å². The van der Waals surface area contributed by atoms with Crippen molar-refractivity contribution in [2.75, 3.05) is 55.6 Å². The van der Waals surface area contributed by atoms with Gasteiger partial charge in [0.15, 0.2) is 0 Å². The number of benzene rings is 2. The van der Waals surface area contributed by atoms with Crippen LogP contribution in [0.15, 0.2) is 49.1 Å². The van der Waals surface area contributed by atoms with Crippen molar-refractivity contribution in [1.29, 1.82) is 10.5 Å². The summed E-state index contributed by atoms with van der Waals surface area (Å²) in [5.41, 5.74) is 5.45. The summed E-state index contributed by atoms with van der Waals surface area (Å²) in [6.07, 6.45) is 2.32.